The lowest BCUT2D eigenvalue weighted by atomic mass is 9.82. The van der Waals surface area contributed by atoms with Crippen molar-refractivity contribution >= 4 is 33.5 Å². The number of rotatable bonds is 44. The number of esters is 1. The van der Waals surface area contributed by atoms with Crippen LogP contribution in [0.25, 0.3) is 0 Å². The lowest BCUT2D eigenvalue weighted by molar-refractivity contribution is -0.144. The van der Waals surface area contributed by atoms with Crippen LogP contribution in [0.4, 0.5) is 0 Å². The second-order valence-corrected chi connectivity index (χ2v) is 21.9. The van der Waals surface area contributed by atoms with Gasteiger partial charge in [-0.25, -0.2) is 4.57 Å². The summed E-state index contributed by atoms with van der Waals surface area (Å²) in [5.74, 6) is -0.642. The highest BCUT2D eigenvalue weighted by atomic mass is 31.2. The molecule has 2 atom stereocenters. The van der Waals surface area contributed by atoms with Crippen LogP contribution < -0.4 is 5.32 Å². The molecule has 11 nitrogen and oxygen atoms in total. The third kappa shape index (κ3) is 79.9. The van der Waals surface area contributed by atoms with Gasteiger partial charge >= 0.3 is 19.8 Å². The lowest BCUT2D eigenvalue weighted by Crippen LogP contribution is -2.49. The van der Waals surface area contributed by atoms with Crippen LogP contribution in [0.15, 0.2) is 0 Å². The highest BCUT2D eigenvalue weighted by molar-refractivity contribution is 7.47. The number of hydrogen-bond acceptors (Lipinski definition) is 8. The molecular formula is C59H125BNO10P. The van der Waals surface area contributed by atoms with Crippen molar-refractivity contribution in [3.05, 3.63) is 0 Å². The van der Waals surface area contributed by atoms with Gasteiger partial charge in [0.2, 0.25) is 5.91 Å². The van der Waals surface area contributed by atoms with Gasteiger partial charge in [0, 0.05) is 25.8 Å². The summed E-state index contributed by atoms with van der Waals surface area (Å²) in [5, 5.41) is 11.0. The minimum Gasteiger partial charge on any atom is -0.481 e. The fraction of sp³-hybridized carbons (Fsp3) is 0.949. The average molecular weight is 1050 g/mol. The standard InChI is InChI=1S/C31H61BNO8P.C18H36O2.C4H10.3C2H6/c1-6-7-8-9-10-11-12-13-14-15-16-17-18-19-20-22-28(34)38-24-21-25-40-42(36,37)41-26-23-33-29(35)31(5,32)39-27-30(2,3)4;1-2-3-4-5-6-7-8-9-10-11-12-13-14-15-16-17-18(19)20;1-4(2)3;3*1-2/h6-27H2,1-5H3,(H,33,35)(H,36,37);2-17H2,1H3,(H,19,20);4H,1-3H3;3*1-2H3. The van der Waals surface area contributed by atoms with Crippen molar-refractivity contribution in [3.63, 3.8) is 0 Å². The largest absolute Gasteiger partial charge is 0.481 e. The summed E-state index contributed by atoms with van der Waals surface area (Å²) >= 11 is 0. The molecule has 0 aliphatic heterocycles. The number of ether oxygens (including phenoxy) is 2. The summed E-state index contributed by atoms with van der Waals surface area (Å²) in [6, 6.07) is 0. The normalized spacial score (nSPS) is 12.3. The number of phosphoric acid groups is 1. The number of phosphoric ester groups is 1. The molecule has 0 aromatic heterocycles. The van der Waals surface area contributed by atoms with Gasteiger partial charge in [0.15, 0.2) is 0 Å². The molecule has 0 saturated carbocycles. The van der Waals surface area contributed by atoms with Gasteiger partial charge in [-0.05, 0) is 31.1 Å². The van der Waals surface area contributed by atoms with Crippen molar-refractivity contribution in [2.45, 2.75) is 321 Å². The maximum Gasteiger partial charge on any atom is 0.472 e. The van der Waals surface area contributed by atoms with E-state index in [2.05, 4.69) is 39.9 Å². The van der Waals surface area contributed by atoms with Gasteiger partial charge in [0.1, 0.15) is 13.3 Å². The van der Waals surface area contributed by atoms with E-state index in [1.165, 1.54) is 167 Å². The summed E-state index contributed by atoms with van der Waals surface area (Å²) in [6.07, 6.45) is 40.0. The molecule has 434 valence electrons. The Hall–Kier alpha value is -1.46. The average Bonchev–Trinajstić information content (AvgIpc) is 3.33. The van der Waals surface area contributed by atoms with Gasteiger partial charge < -0.3 is 24.8 Å². The zero-order chi connectivity index (χ0) is 56.2. The predicted octanol–water partition coefficient (Wildman–Crippen LogP) is 18.5. The van der Waals surface area contributed by atoms with E-state index in [4.69, 9.17) is 31.5 Å². The predicted molar refractivity (Wildman–Crippen MR) is 311 cm³/mol. The molecule has 72 heavy (non-hydrogen) atoms. The third-order valence-electron chi connectivity index (χ3n) is 10.7. The number of unbranched alkanes of at least 4 members (excludes halogenated alkanes) is 28. The molecule has 0 aromatic rings. The number of carbonyl (C=O) groups excluding carboxylic acids is 2. The maximum absolute atomic E-state index is 12.2. The van der Waals surface area contributed by atoms with Crippen molar-refractivity contribution < 1.29 is 47.5 Å². The SMILES string of the molecule is CC.CC.CC.CC(C)C.CCCCCCCCCCCCCCCCCC(=O)O.[B]C(C)(OCC(C)(C)C)C(=O)NCCOP(=O)(O)OCCCOC(=O)CCCCCCCCCCCCCCCCC. The minimum absolute atomic E-state index is 0.0463. The van der Waals surface area contributed by atoms with Crippen LogP contribution in [0.3, 0.4) is 0 Å². The van der Waals surface area contributed by atoms with Crippen LogP contribution in [0.5, 0.6) is 0 Å². The van der Waals surface area contributed by atoms with E-state index in [-0.39, 0.29) is 44.2 Å². The number of amides is 1. The summed E-state index contributed by atoms with van der Waals surface area (Å²) < 4.78 is 32.4. The van der Waals surface area contributed by atoms with Crippen LogP contribution in [0, 0.1) is 11.3 Å². The molecule has 0 saturated heterocycles. The molecule has 0 heterocycles. The van der Waals surface area contributed by atoms with Crippen molar-refractivity contribution in [3.8, 4) is 0 Å². The second-order valence-electron chi connectivity index (χ2n) is 20.4. The van der Waals surface area contributed by atoms with Crippen LogP contribution >= 0.6 is 7.82 Å². The highest BCUT2D eigenvalue weighted by Crippen LogP contribution is 2.42. The van der Waals surface area contributed by atoms with Crippen molar-refractivity contribution in [2.24, 2.45) is 11.3 Å². The second kappa shape index (κ2) is 63.8. The molecule has 0 rings (SSSR count). The molecule has 1 amide bonds. The van der Waals surface area contributed by atoms with Crippen molar-refractivity contribution in [1.82, 2.24) is 5.32 Å². The first kappa shape index (κ1) is 81.9. The van der Waals surface area contributed by atoms with E-state index >= 15 is 0 Å². The Balaban J connectivity index is -0.000000300. The first-order chi connectivity index (χ1) is 34.3. The molecule has 2 radical (unpaired) electrons. The van der Waals surface area contributed by atoms with Gasteiger partial charge in [0.25, 0.3) is 0 Å². The number of aliphatic carboxylic acids is 1. The number of hydrogen-bond donors (Lipinski definition) is 3. The van der Waals surface area contributed by atoms with E-state index in [0.29, 0.717) is 19.4 Å². The van der Waals surface area contributed by atoms with E-state index < -0.39 is 25.2 Å². The molecule has 0 aromatic carbocycles. The fourth-order valence-electron chi connectivity index (χ4n) is 6.76. The van der Waals surface area contributed by atoms with E-state index in [9.17, 15) is 23.8 Å². The summed E-state index contributed by atoms with van der Waals surface area (Å²) in [5.41, 5.74) is -1.69. The van der Waals surface area contributed by atoms with Crippen LogP contribution in [0.1, 0.15) is 316 Å². The first-order valence-electron chi connectivity index (χ1n) is 30.0. The first-order valence-corrected chi connectivity index (χ1v) is 31.5. The summed E-state index contributed by atoms with van der Waals surface area (Å²) in [6.45, 7) is 30.3. The van der Waals surface area contributed by atoms with Gasteiger partial charge in [-0.3, -0.25) is 23.4 Å². The van der Waals surface area contributed by atoms with Crippen LogP contribution in [-0.2, 0) is 37.5 Å². The van der Waals surface area contributed by atoms with E-state index in [1.807, 2.05) is 62.3 Å². The molecule has 2 unspecified atom stereocenters. The number of nitrogens with one attached hydrogen (secondary N) is 1. The molecule has 3 N–H and O–H groups in total. The third-order valence-corrected chi connectivity index (χ3v) is 11.7. The molecule has 0 aliphatic carbocycles. The summed E-state index contributed by atoms with van der Waals surface area (Å²) in [4.78, 5) is 44.2. The fourth-order valence-corrected chi connectivity index (χ4v) is 7.51. The Bertz CT molecular complexity index is 1130. The zero-order valence-electron chi connectivity index (χ0n) is 50.6. The van der Waals surface area contributed by atoms with Gasteiger partial charge in [-0.1, -0.05) is 277 Å². The van der Waals surface area contributed by atoms with Crippen molar-refractivity contribution in [2.75, 3.05) is 33.0 Å². The van der Waals surface area contributed by atoms with E-state index in [0.717, 1.165) is 38.0 Å². The van der Waals surface area contributed by atoms with Gasteiger partial charge in [-0.2, -0.15) is 0 Å². The molecule has 13 heteroatoms. The number of carbonyl (C=O) groups is 3. The van der Waals surface area contributed by atoms with Crippen LogP contribution in [-0.4, -0.2) is 74.2 Å². The topological polar surface area (TPSA) is 158 Å². The Kier molecular flexibility index (Phi) is 72.6. The summed E-state index contributed by atoms with van der Waals surface area (Å²) in [7, 11) is 1.60. The number of carboxylic acid groups (broad SMARTS) is 1. The quantitative estimate of drug-likeness (QED) is 0.0232. The smallest absolute Gasteiger partial charge is 0.472 e. The Morgan fingerprint density at radius 2 is 0.819 bits per heavy atom. The van der Waals surface area contributed by atoms with Crippen LogP contribution in [0.2, 0.25) is 0 Å². The molecule has 0 bridgehead atoms. The lowest BCUT2D eigenvalue weighted by Gasteiger charge is -2.29. The Morgan fingerprint density at radius 3 is 1.14 bits per heavy atom. The van der Waals surface area contributed by atoms with E-state index in [1.54, 1.807) is 0 Å². The maximum atomic E-state index is 12.2. The molecule has 0 aliphatic rings. The molecule has 0 fully saturated rings. The van der Waals surface area contributed by atoms with Gasteiger partial charge in [0.05, 0.1) is 26.4 Å². The zero-order valence-corrected chi connectivity index (χ0v) is 51.5. The molecular weight excluding hydrogens is 924 g/mol. The monoisotopic (exact) mass is 1050 g/mol. The van der Waals surface area contributed by atoms with Crippen molar-refractivity contribution in [1.29, 1.82) is 0 Å². The Morgan fingerprint density at radius 1 is 0.514 bits per heavy atom. The molecule has 0 spiro atoms. The minimum atomic E-state index is -4.29. The van der Waals surface area contributed by atoms with Gasteiger partial charge in [-0.15, -0.1) is 0 Å². The number of carboxylic acids is 1. The Labute approximate surface area is 450 Å². The highest BCUT2D eigenvalue weighted by Gasteiger charge is 2.30.